The first-order valence-corrected chi connectivity index (χ1v) is 17.3. The van der Waals surface area contributed by atoms with Crippen molar-refractivity contribution in [1.82, 2.24) is 25.1 Å². The van der Waals surface area contributed by atoms with Gasteiger partial charge in [-0.1, -0.05) is 12.1 Å². The predicted molar refractivity (Wildman–Crippen MR) is 181 cm³/mol. The first-order chi connectivity index (χ1) is 24.3. The Kier molecular flexibility index (Phi) is 7.34. The Morgan fingerprint density at radius 1 is 0.980 bits per heavy atom. The van der Waals surface area contributed by atoms with Gasteiger partial charge in [0.05, 0.1) is 45.9 Å². The molecule has 2 atom stereocenters. The number of aromatic nitrogens is 4. The lowest BCUT2D eigenvalue weighted by atomic mass is 9.93. The SMILES string of the molecule is Cc1nnc(-c2c(CCc3ccc(F)cc3)nc3c(c2-c2cc4ccnc(N[C@H]5CCOc6c(F)cc(F)cc65)c4s2)C(=O)N2CCC[C@@H]32)o1. The minimum absolute atomic E-state index is 0.0354. The van der Waals surface area contributed by atoms with E-state index in [1.165, 1.54) is 29.5 Å². The highest BCUT2D eigenvalue weighted by molar-refractivity contribution is 7.23. The van der Waals surface area contributed by atoms with Crippen LogP contribution in [0.15, 0.2) is 59.1 Å². The summed E-state index contributed by atoms with van der Waals surface area (Å²) in [6.45, 7) is 2.62. The minimum Gasteiger partial charge on any atom is -0.490 e. The third-order valence-corrected chi connectivity index (χ3v) is 10.9. The first kappa shape index (κ1) is 30.7. The van der Waals surface area contributed by atoms with Crippen molar-refractivity contribution in [3.05, 3.63) is 106 Å². The summed E-state index contributed by atoms with van der Waals surface area (Å²) in [5.74, 6) is -0.589. The van der Waals surface area contributed by atoms with Crippen molar-refractivity contribution in [2.24, 2.45) is 0 Å². The van der Waals surface area contributed by atoms with Crippen LogP contribution in [0.3, 0.4) is 0 Å². The number of thiophene rings is 1. The summed E-state index contributed by atoms with van der Waals surface area (Å²) in [5.41, 5.74) is 4.60. The zero-order valence-corrected chi connectivity index (χ0v) is 27.6. The number of nitrogens with one attached hydrogen (secondary N) is 1. The summed E-state index contributed by atoms with van der Waals surface area (Å²) < 4.78 is 55.1. The molecule has 0 aliphatic carbocycles. The number of nitrogens with zero attached hydrogens (tertiary/aromatic N) is 5. The molecule has 252 valence electrons. The van der Waals surface area contributed by atoms with Crippen LogP contribution in [-0.2, 0) is 12.8 Å². The number of rotatable bonds is 7. The van der Waals surface area contributed by atoms with Crippen molar-refractivity contribution in [1.29, 1.82) is 0 Å². The number of ether oxygens (including phenoxy) is 1. The van der Waals surface area contributed by atoms with Crippen LogP contribution < -0.4 is 10.1 Å². The van der Waals surface area contributed by atoms with Crippen LogP contribution in [0.5, 0.6) is 5.75 Å². The molecule has 1 saturated heterocycles. The summed E-state index contributed by atoms with van der Waals surface area (Å²) in [7, 11) is 0. The molecule has 4 aromatic heterocycles. The molecule has 1 fully saturated rings. The average Bonchev–Trinajstić information content (AvgIpc) is 3.91. The van der Waals surface area contributed by atoms with Crippen LogP contribution in [-0.4, -0.2) is 44.1 Å². The van der Waals surface area contributed by atoms with Crippen LogP contribution in [0.2, 0.25) is 0 Å². The van der Waals surface area contributed by atoms with Gasteiger partial charge >= 0.3 is 0 Å². The summed E-state index contributed by atoms with van der Waals surface area (Å²) in [5, 5.41) is 12.8. The van der Waals surface area contributed by atoms with Gasteiger partial charge in [0.1, 0.15) is 17.5 Å². The van der Waals surface area contributed by atoms with E-state index in [0.717, 1.165) is 45.1 Å². The molecule has 1 amide bonds. The molecule has 0 saturated carbocycles. The molecule has 9 rings (SSSR count). The molecule has 9 nitrogen and oxygen atoms in total. The zero-order valence-electron chi connectivity index (χ0n) is 26.8. The normalized spacial score (nSPS) is 17.9. The number of halogens is 3. The van der Waals surface area contributed by atoms with Crippen molar-refractivity contribution >= 4 is 33.1 Å². The Bertz CT molecular complexity index is 2320. The van der Waals surface area contributed by atoms with Crippen LogP contribution in [0, 0.1) is 24.4 Å². The topological polar surface area (TPSA) is 106 Å². The third-order valence-electron chi connectivity index (χ3n) is 9.70. The van der Waals surface area contributed by atoms with Crippen molar-refractivity contribution in [2.45, 2.75) is 51.1 Å². The van der Waals surface area contributed by atoms with E-state index in [0.29, 0.717) is 65.5 Å². The van der Waals surface area contributed by atoms with Crippen LogP contribution in [0.25, 0.3) is 32.0 Å². The molecular weight excluding hydrogens is 666 g/mol. The second kappa shape index (κ2) is 11.9. The molecule has 3 aliphatic heterocycles. The number of anilines is 1. The molecule has 1 N–H and O–H groups in total. The lowest BCUT2D eigenvalue weighted by molar-refractivity contribution is 0.0776. The molecule has 0 unspecified atom stereocenters. The number of amides is 1. The smallest absolute Gasteiger partial charge is 0.257 e. The van der Waals surface area contributed by atoms with Gasteiger partial charge in [0.25, 0.3) is 5.91 Å². The molecule has 2 aromatic carbocycles. The predicted octanol–water partition coefficient (Wildman–Crippen LogP) is 8.15. The van der Waals surface area contributed by atoms with Crippen LogP contribution in [0.1, 0.15) is 70.1 Å². The fourth-order valence-electron chi connectivity index (χ4n) is 7.45. The monoisotopic (exact) mass is 694 g/mol. The lowest BCUT2D eigenvalue weighted by Gasteiger charge is -2.27. The van der Waals surface area contributed by atoms with Crippen molar-refractivity contribution in [2.75, 3.05) is 18.5 Å². The van der Waals surface area contributed by atoms with Gasteiger partial charge in [0, 0.05) is 48.2 Å². The minimum atomic E-state index is -0.744. The van der Waals surface area contributed by atoms with Gasteiger partial charge in [-0.2, -0.15) is 0 Å². The number of carbonyl (C=O) groups is 1. The molecule has 6 aromatic rings. The molecule has 50 heavy (non-hydrogen) atoms. The van der Waals surface area contributed by atoms with Crippen molar-refractivity contribution < 1.29 is 27.1 Å². The second-order valence-electron chi connectivity index (χ2n) is 12.8. The number of fused-ring (bicyclic) bond motifs is 5. The van der Waals surface area contributed by atoms with Gasteiger partial charge in [0.15, 0.2) is 11.6 Å². The molecule has 13 heteroatoms. The highest BCUT2D eigenvalue weighted by Crippen LogP contribution is 2.50. The summed E-state index contributed by atoms with van der Waals surface area (Å²) >= 11 is 1.46. The zero-order chi connectivity index (χ0) is 34.1. The molecule has 7 heterocycles. The maximum Gasteiger partial charge on any atom is 0.257 e. The molecular formula is C37H29F3N6O3S. The highest BCUT2D eigenvalue weighted by atomic mass is 32.1. The van der Waals surface area contributed by atoms with Gasteiger partial charge in [-0.05, 0) is 67.0 Å². The molecule has 0 spiro atoms. The van der Waals surface area contributed by atoms with Gasteiger partial charge in [-0.25, -0.2) is 18.2 Å². The summed E-state index contributed by atoms with van der Waals surface area (Å²) in [6, 6.07) is 11.9. The Morgan fingerprint density at radius 2 is 1.84 bits per heavy atom. The molecule has 3 aliphatic rings. The summed E-state index contributed by atoms with van der Waals surface area (Å²) in [4.78, 5) is 26.7. The van der Waals surface area contributed by atoms with E-state index in [4.69, 9.17) is 14.1 Å². The fourth-order valence-corrected chi connectivity index (χ4v) is 8.62. The quantitative estimate of drug-likeness (QED) is 0.179. The van der Waals surface area contributed by atoms with E-state index in [9.17, 15) is 18.0 Å². The Morgan fingerprint density at radius 3 is 2.66 bits per heavy atom. The maximum absolute atomic E-state index is 14.6. The third kappa shape index (κ3) is 5.10. The molecule has 0 radical (unpaired) electrons. The summed E-state index contributed by atoms with van der Waals surface area (Å²) in [6.07, 6.45) is 4.94. The van der Waals surface area contributed by atoms with Crippen molar-refractivity contribution in [3.8, 4) is 27.6 Å². The standard InChI is InChI=1S/C37H29F3N6O3S/c1-18-44-45-36(49-18)29-26(9-6-19-4-7-21(38)8-5-19)42-32-27-3-2-13-46(27)37(47)31(32)30(29)28-15-20-10-12-41-35(34(20)50-28)43-25-11-14-48-33-23(25)16-22(39)17-24(33)40/h4-5,7-8,10,12,15-17,25,27H,2-3,6,9,11,13-14H2,1H3,(H,41,43)/t25-,27-/m0/s1. The highest BCUT2D eigenvalue weighted by Gasteiger charge is 2.45. The van der Waals surface area contributed by atoms with E-state index < -0.39 is 17.7 Å². The van der Waals surface area contributed by atoms with Gasteiger partial charge < -0.3 is 19.4 Å². The van der Waals surface area contributed by atoms with Gasteiger partial charge in [-0.3, -0.25) is 9.78 Å². The first-order valence-electron chi connectivity index (χ1n) is 16.5. The van der Waals surface area contributed by atoms with E-state index >= 15 is 0 Å². The van der Waals surface area contributed by atoms with Crippen LogP contribution in [0.4, 0.5) is 19.0 Å². The van der Waals surface area contributed by atoms with E-state index in [1.807, 2.05) is 17.0 Å². The van der Waals surface area contributed by atoms with E-state index in [-0.39, 0.29) is 36.0 Å². The van der Waals surface area contributed by atoms with Crippen LogP contribution >= 0.6 is 11.3 Å². The second-order valence-corrected chi connectivity index (χ2v) is 13.9. The van der Waals surface area contributed by atoms with Gasteiger partial charge in [0.2, 0.25) is 11.8 Å². The van der Waals surface area contributed by atoms with E-state index in [1.54, 1.807) is 25.3 Å². The number of carbonyl (C=O) groups excluding carboxylic acids is 1. The average molecular weight is 695 g/mol. The van der Waals surface area contributed by atoms with Gasteiger partial charge in [-0.15, -0.1) is 21.5 Å². The Labute approximate surface area is 288 Å². The number of benzene rings is 2. The lowest BCUT2D eigenvalue weighted by Crippen LogP contribution is -2.22. The largest absolute Gasteiger partial charge is 0.490 e. The maximum atomic E-state index is 14.6. The number of pyridine rings is 2. The number of aryl methyl sites for hydroxylation is 3. The Hall–Kier alpha value is -5.30. The van der Waals surface area contributed by atoms with E-state index in [2.05, 4.69) is 20.5 Å². The molecule has 0 bridgehead atoms. The van der Waals surface area contributed by atoms with Crippen molar-refractivity contribution in [3.63, 3.8) is 0 Å². The fraction of sp³-hybridized carbons (Fsp3) is 0.270. The number of hydrogen-bond donors (Lipinski definition) is 1. The number of hydrogen-bond acceptors (Lipinski definition) is 9. The Balaban J connectivity index is 1.21.